The van der Waals surface area contributed by atoms with Crippen LogP contribution >= 0.6 is 11.8 Å². The summed E-state index contributed by atoms with van der Waals surface area (Å²) >= 11 is 1.34. The number of hydrogen-bond donors (Lipinski definition) is 1. The van der Waals surface area contributed by atoms with Gasteiger partial charge >= 0.3 is 0 Å². The number of nitrogens with zero attached hydrogens (tertiary/aromatic N) is 2. The molecular weight excluding hydrogens is 498 g/mol. The van der Waals surface area contributed by atoms with Gasteiger partial charge in [-0.2, -0.15) is 4.99 Å². The lowest BCUT2D eigenvalue weighted by Crippen LogP contribution is -2.38. The van der Waals surface area contributed by atoms with Gasteiger partial charge < -0.3 is 14.2 Å². The maximum atomic E-state index is 12.8. The third-order valence-corrected chi connectivity index (χ3v) is 6.94. The summed E-state index contributed by atoms with van der Waals surface area (Å²) in [5.41, 5.74) is 4.95. The predicted molar refractivity (Wildman–Crippen MR) is 152 cm³/mol. The number of nitrogens with one attached hydrogen (secondary N) is 1. The van der Waals surface area contributed by atoms with Crippen LogP contribution in [0.2, 0.25) is 0 Å². The minimum absolute atomic E-state index is 0.0861. The summed E-state index contributed by atoms with van der Waals surface area (Å²) < 4.78 is 17.3. The summed E-state index contributed by atoms with van der Waals surface area (Å²) in [7, 11) is 1.56. The molecule has 192 valence electrons. The van der Waals surface area contributed by atoms with Crippen molar-refractivity contribution in [3.8, 4) is 17.2 Å². The Morgan fingerprint density at radius 2 is 1.68 bits per heavy atom. The molecule has 38 heavy (non-hydrogen) atoms. The number of thioether (sulfide) groups is 1. The van der Waals surface area contributed by atoms with Gasteiger partial charge in [-0.25, -0.2) is 0 Å². The minimum Gasteiger partial charge on any atom is -0.493 e. The Labute approximate surface area is 225 Å². The van der Waals surface area contributed by atoms with Crippen molar-refractivity contribution in [1.29, 1.82) is 5.41 Å². The van der Waals surface area contributed by atoms with E-state index in [1.54, 1.807) is 30.2 Å². The monoisotopic (exact) mass is 525 g/mol. The van der Waals surface area contributed by atoms with Gasteiger partial charge in [0.1, 0.15) is 24.8 Å². The number of fused-ring (bicyclic) bond motifs is 1. The smallest absolute Gasteiger partial charge is 0.283 e. The Bertz CT molecular complexity index is 1490. The highest BCUT2D eigenvalue weighted by Crippen LogP contribution is 2.37. The van der Waals surface area contributed by atoms with Crippen LogP contribution in [0.3, 0.4) is 0 Å². The second kappa shape index (κ2) is 11.0. The molecule has 2 aliphatic heterocycles. The standard InChI is InChI=1S/C30H27N3O4S/c1-19-9-11-25(20(2)15-19)36-13-14-37-26-12-10-21(17-27(26)35-3)16-23-28(31)33-24(22-7-5-4-6-8-22)18-38-30(33)32-29(23)34/h4-12,15-18,31H,13-14H2,1-3H3/b23-16-,31-28?. The molecule has 5 rings (SSSR count). The summed E-state index contributed by atoms with van der Waals surface area (Å²) in [6.07, 6.45) is 1.66. The molecular formula is C30H27N3O4S. The zero-order valence-corrected chi connectivity index (χ0v) is 22.2. The number of amidine groups is 2. The summed E-state index contributed by atoms with van der Waals surface area (Å²) in [6, 6.07) is 21.2. The predicted octanol–water partition coefficient (Wildman–Crippen LogP) is 6.07. The number of methoxy groups -OCH3 is 1. The molecule has 0 bridgehead atoms. The van der Waals surface area contributed by atoms with E-state index in [0.29, 0.717) is 35.4 Å². The van der Waals surface area contributed by atoms with Crippen molar-refractivity contribution in [3.05, 3.63) is 100.0 Å². The molecule has 0 unspecified atom stereocenters. The largest absolute Gasteiger partial charge is 0.493 e. The minimum atomic E-state index is -0.445. The SMILES string of the molecule is COc1cc(/C=C2/C(=N)N3C(c4ccccc4)=CSC3=NC2=O)ccc1OCCOc1ccc(C)cc1C. The van der Waals surface area contributed by atoms with Gasteiger partial charge in [-0.15, -0.1) is 0 Å². The Morgan fingerprint density at radius 1 is 0.947 bits per heavy atom. The molecule has 0 saturated carbocycles. The fourth-order valence-electron chi connectivity index (χ4n) is 4.24. The van der Waals surface area contributed by atoms with Crippen molar-refractivity contribution in [2.24, 2.45) is 4.99 Å². The molecule has 2 aliphatic rings. The van der Waals surface area contributed by atoms with Crippen molar-refractivity contribution in [1.82, 2.24) is 4.90 Å². The number of rotatable bonds is 8. The first kappa shape index (κ1) is 25.4. The van der Waals surface area contributed by atoms with Crippen molar-refractivity contribution in [2.75, 3.05) is 20.3 Å². The van der Waals surface area contributed by atoms with E-state index in [0.717, 1.165) is 22.6 Å². The molecule has 0 radical (unpaired) electrons. The molecule has 0 fully saturated rings. The lowest BCUT2D eigenvalue weighted by Gasteiger charge is -2.27. The number of aliphatic imine (C=N–C) groups is 1. The summed E-state index contributed by atoms with van der Waals surface area (Å²) in [5, 5.41) is 11.2. The molecule has 2 heterocycles. The van der Waals surface area contributed by atoms with Gasteiger partial charge in [-0.1, -0.05) is 65.9 Å². The number of carbonyl (C=O) groups is 1. The van der Waals surface area contributed by atoms with Crippen LogP contribution in [0, 0.1) is 19.3 Å². The molecule has 3 aromatic carbocycles. The highest BCUT2D eigenvalue weighted by molar-refractivity contribution is 8.17. The van der Waals surface area contributed by atoms with Gasteiger partial charge in [0.05, 0.1) is 18.4 Å². The Kier molecular flexibility index (Phi) is 7.33. The number of benzene rings is 3. The zero-order valence-electron chi connectivity index (χ0n) is 21.4. The number of ether oxygens (including phenoxy) is 3. The van der Waals surface area contributed by atoms with E-state index in [2.05, 4.69) is 11.1 Å². The van der Waals surface area contributed by atoms with Crippen LogP contribution < -0.4 is 14.2 Å². The average Bonchev–Trinajstić information content (AvgIpc) is 3.35. The third-order valence-electron chi connectivity index (χ3n) is 6.11. The van der Waals surface area contributed by atoms with Gasteiger partial charge in [0.15, 0.2) is 16.7 Å². The van der Waals surface area contributed by atoms with Crippen LogP contribution in [-0.4, -0.2) is 42.1 Å². The van der Waals surface area contributed by atoms with Gasteiger partial charge in [-0.05, 0) is 54.8 Å². The van der Waals surface area contributed by atoms with Crippen LogP contribution in [0.25, 0.3) is 11.8 Å². The van der Waals surface area contributed by atoms with Gasteiger partial charge in [0, 0.05) is 5.41 Å². The lowest BCUT2D eigenvalue weighted by molar-refractivity contribution is -0.114. The molecule has 0 aromatic heterocycles. The summed E-state index contributed by atoms with van der Waals surface area (Å²) in [5.74, 6) is 1.56. The van der Waals surface area contributed by atoms with Crippen LogP contribution in [0.1, 0.15) is 22.3 Å². The van der Waals surface area contributed by atoms with E-state index in [-0.39, 0.29) is 11.4 Å². The Balaban J connectivity index is 1.30. The Morgan fingerprint density at radius 3 is 2.42 bits per heavy atom. The number of hydrogen-bond acceptors (Lipinski definition) is 6. The Hall–Kier alpha value is -4.30. The maximum Gasteiger partial charge on any atom is 0.283 e. The van der Waals surface area contributed by atoms with E-state index in [9.17, 15) is 4.79 Å². The molecule has 1 N–H and O–H groups in total. The van der Waals surface area contributed by atoms with E-state index in [4.69, 9.17) is 19.6 Å². The van der Waals surface area contributed by atoms with Crippen LogP contribution in [-0.2, 0) is 4.79 Å². The zero-order chi connectivity index (χ0) is 26.6. The first-order chi connectivity index (χ1) is 18.4. The summed E-state index contributed by atoms with van der Waals surface area (Å²) in [6.45, 7) is 4.79. The second-order valence-corrected chi connectivity index (χ2v) is 9.64. The molecule has 0 spiro atoms. The van der Waals surface area contributed by atoms with E-state index < -0.39 is 5.91 Å². The molecule has 3 aromatic rings. The fraction of sp³-hybridized carbons (Fsp3) is 0.167. The molecule has 1 amide bonds. The normalized spacial score (nSPS) is 15.8. The molecule has 7 nitrogen and oxygen atoms in total. The van der Waals surface area contributed by atoms with Crippen LogP contribution in [0.15, 0.2) is 82.7 Å². The van der Waals surface area contributed by atoms with Crippen LogP contribution in [0.5, 0.6) is 17.2 Å². The molecule has 0 saturated heterocycles. The van der Waals surface area contributed by atoms with E-state index >= 15 is 0 Å². The van der Waals surface area contributed by atoms with Gasteiger partial charge in [-0.3, -0.25) is 15.1 Å². The number of aryl methyl sites for hydroxylation is 2. The first-order valence-corrected chi connectivity index (χ1v) is 13.0. The number of amides is 1. The molecule has 0 atom stereocenters. The van der Waals surface area contributed by atoms with E-state index in [1.165, 1.54) is 17.3 Å². The summed E-state index contributed by atoms with van der Waals surface area (Å²) in [4.78, 5) is 18.8. The third kappa shape index (κ3) is 5.21. The first-order valence-electron chi connectivity index (χ1n) is 12.1. The molecule has 0 aliphatic carbocycles. The average molecular weight is 526 g/mol. The van der Waals surface area contributed by atoms with Gasteiger partial charge in [0.25, 0.3) is 5.91 Å². The lowest BCUT2D eigenvalue weighted by atomic mass is 10.1. The highest BCUT2D eigenvalue weighted by atomic mass is 32.2. The van der Waals surface area contributed by atoms with Crippen molar-refractivity contribution < 1.29 is 19.0 Å². The fourth-order valence-corrected chi connectivity index (χ4v) is 5.13. The second-order valence-electron chi connectivity index (χ2n) is 8.80. The maximum absolute atomic E-state index is 12.8. The quantitative estimate of drug-likeness (QED) is 0.284. The van der Waals surface area contributed by atoms with Crippen molar-refractivity contribution >= 4 is 40.4 Å². The van der Waals surface area contributed by atoms with Crippen LogP contribution in [0.4, 0.5) is 0 Å². The van der Waals surface area contributed by atoms with E-state index in [1.807, 2.05) is 67.8 Å². The molecule has 8 heteroatoms. The van der Waals surface area contributed by atoms with Gasteiger partial charge in [0.2, 0.25) is 0 Å². The van der Waals surface area contributed by atoms with Crippen molar-refractivity contribution in [2.45, 2.75) is 13.8 Å². The van der Waals surface area contributed by atoms with Crippen molar-refractivity contribution in [3.63, 3.8) is 0 Å². The number of carbonyl (C=O) groups excluding carboxylic acids is 1. The topological polar surface area (TPSA) is 84.2 Å². The highest BCUT2D eigenvalue weighted by Gasteiger charge is 2.36.